The van der Waals surface area contributed by atoms with Crippen LogP contribution in [0, 0.1) is 6.92 Å². The van der Waals surface area contributed by atoms with Crippen LogP contribution < -0.4 is 0 Å². The van der Waals surface area contributed by atoms with Gasteiger partial charge in [0.1, 0.15) is 6.29 Å². The molecule has 0 N–H and O–H groups in total. The molecule has 0 atom stereocenters. The first-order valence-electron chi connectivity index (χ1n) is 4.00. The highest BCUT2D eigenvalue weighted by Gasteiger charge is 1.84. The molecule has 0 unspecified atom stereocenters. The fraction of sp³-hybridized carbons (Fsp3) is 0.182. The van der Waals surface area contributed by atoms with E-state index in [1.165, 1.54) is 5.56 Å². The Balaban J connectivity index is 2.64. The zero-order valence-electron chi connectivity index (χ0n) is 7.16. The van der Waals surface area contributed by atoms with Crippen molar-refractivity contribution in [2.45, 2.75) is 13.3 Å². The van der Waals surface area contributed by atoms with E-state index >= 15 is 0 Å². The third-order valence-electron chi connectivity index (χ3n) is 1.62. The lowest BCUT2D eigenvalue weighted by Crippen LogP contribution is -1.73. The molecule has 62 valence electrons. The molecule has 0 aliphatic carbocycles. The van der Waals surface area contributed by atoms with Crippen molar-refractivity contribution in [2.24, 2.45) is 0 Å². The van der Waals surface area contributed by atoms with E-state index in [1.807, 2.05) is 24.3 Å². The summed E-state index contributed by atoms with van der Waals surface area (Å²) in [5.74, 6) is 0. The molecule has 0 radical (unpaired) electrons. The van der Waals surface area contributed by atoms with Gasteiger partial charge in [-0.2, -0.15) is 0 Å². The van der Waals surface area contributed by atoms with Crippen molar-refractivity contribution in [1.29, 1.82) is 0 Å². The predicted molar refractivity (Wildman–Crippen MR) is 50.9 cm³/mol. The largest absolute Gasteiger partial charge is 0.303 e. The summed E-state index contributed by atoms with van der Waals surface area (Å²) in [6.45, 7) is 2.05. The van der Waals surface area contributed by atoms with Gasteiger partial charge in [-0.1, -0.05) is 42.0 Å². The lowest BCUT2D eigenvalue weighted by molar-refractivity contribution is -0.107. The molecule has 0 spiro atoms. The highest BCUT2D eigenvalue weighted by Crippen LogP contribution is 2.04. The Labute approximate surface area is 72.7 Å². The second-order valence-corrected chi connectivity index (χ2v) is 2.72. The highest BCUT2D eigenvalue weighted by atomic mass is 16.1. The Hall–Kier alpha value is -1.37. The summed E-state index contributed by atoms with van der Waals surface area (Å²) < 4.78 is 0. The Morgan fingerprint density at radius 3 is 2.50 bits per heavy atom. The monoisotopic (exact) mass is 160 g/mol. The van der Waals surface area contributed by atoms with Crippen LogP contribution in [0.2, 0.25) is 0 Å². The van der Waals surface area contributed by atoms with E-state index < -0.39 is 0 Å². The first kappa shape index (κ1) is 8.72. The minimum absolute atomic E-state index is 0.494. The van der Waals surface area contributed by atoms with Crippen molar-refractivity contribution >= 4 is 12.4 Å². The molecule has 0 heterocycles. The molecule has 1 rings (SSSR count). The number of benzene rings is 1. The van der Waals surface area contributed by atoms with Crippen molar-refractivity contribution in [3.63, 3.8) is 0 Å². The van der Waals surface area contributed by atoms with Crippen LogP contribution >= 0.6 is 0 Å². The number of aryl methyl sites for hydroxylation is 1. The van der Waals surface area contributed by atoms with Gasteiger partial charge in [-0.15, -0.1) is 0 Å². The van der Waals surface area contributed by atoms with E-state index in [1.54, 1.807) is 0 Å². The molecule has 0 aliphatic heterocycles. The van der Waals surface area contributed by atoms with Gasteiger partial charge in [-0.3, -0.25) is 0 Å². The van der Waals surface area contributed by atoms with Crippen molar-refractivity contribution in [3.05, 3.63) is 41.5 Å². The van der Waals surface area contributed by atoms with E-state index in [0.717, 1.165) is 11.8 Å². The van der Waals surface area contributed by atoms with Crippen molar-refractivity contribution in [3.8, 4) is 0 Å². The molecule has 0 bridgehead atoms. The fourth-order valence-electron chi connectivity index (χ4n) is 0.937. The molecule has 12 heavy (non-hydrogen) atoms. The molecule has 1 aromatic rings. The number of hydrogen-bond donors (Lipinski definition) is 0. The summed E-state index contributed by atoms with van der Waals surface area (Å²) in [6, 6.07) is 8.19. The zero-order valence-corrected chi connectivity index (χ0v) is 7.16. The summed E-state index contributed by atoms with van der Waals surface area (Å²) in [4.78, 5) is 10.00. The minimum Gasteiger partial charge on any atom is -0.303 e. The maximum atomic E-state index is 10.00. The number of aldehydes is 1. The first-order chi connectivity index (χ1) is 5.83. The van der Waals surface area contributed by atoms with Crippen LogP contribution in [0.3, 0.4) is 0 Å². The van der Waals surface area contributed by atoms with Crippen LogP contribution in [0.15, 0.2) is 30.3 Å². The SMILES string of the molecule is Cc1ccc(C=CCC=O)cc1. The smallest absolute Gasteiger partial charge is 0.123 e. The van der Waals surface area contributed by atoms with Gasteiger partial charge in [-0.25, -0.2) is 0 Å². The van der Waals surface area contributed by atoms with Gasteiger partial charge in [0.25, 0.3) is 0 Å². The second-order valence-electron chi connectivity index (χ2n) is 2.72. The van der Waals surface area contributed by atoms with E-state index in [9.17, 15) is 4.79 Å². The van der Waals surface area contributed by atoms with Gasteiger partial charge in [0, 0.05) is 6.42 Å². The molecule has 0 aliphatic rings. The van der Waals surface area contributed by atoms with Crippen molar-refractivity contribution < 1.29 is 4.79 Å². The Morgan fingerprint density at radius 1 is 1.25 bits per heavy atom. The molecule has 0 amide bonds. The van der Waals surface area contributed by atoms with Gasteiger partial charge in [0.2, 0.25) is 0 Å². The number of carbonyl (C=O) groups is 1. The fourth-order valence-corrected chi connectivity index (χ4v) is 0.937. The number of allylic oxidation sites excluding steroid dienone is 1. The Morgan fingerprint density at radius 2 is 1.92 bits per heavy atom. The Kier molecular flexibility index (Phi) is 3.27. The van der Waals surface area contributed by atoms with E-state index in [-0.39, 0.29) is 0 Å². The third-order valence-corrected chi connectivity index (χ3v) is 1.62. The second kappa shape index (κ2) is 4.50. The standard InChI is InChI=1S/C11H12O/c1-10-5-7-11(8-6-10)4-2-3-9-12/h2,4-9H,3H2,1H3. The van der Waals surface area contributed by atoms with Gasteiger partial charge < -0.3 is 4.79 Å². The summed E-state index contributed by atoms with van der Waals surface area (Å²) in [6.07, 6.45) is 5.20. The van der Waals surface area contributed by atoms with Crippen LogP contribution in [0.4, 0.5) is 0 Å². The van der Waals surface area contributed by atoms with Crippen molar-refractivity contribution in [2.75, 3.05) is 0 Å². The quantitative estimate of drug-likeness (QED) is 0.621. The molecule has 1 nitrogen and oxygen atoms in total. The summed E-state index contributed by atoms with van der Waals surface area (Å²) >= 11 is 0. The van der Waals surface area contributed by atoms with E-state index in [2.05, 4.69) is 19.1 Å². The van der Waals surface area contributed by atoms with Crippen LogP contribution in [-0.4, -0.2) is 6.29 Å². The molecule has 0 saturated heterocycles. The topological polar surface area (TPSA) is 17.1 Å². The molecular weight excluding hydrogens is 148 g/mol. The normalized spacial score (nSPS) is 10.4. The average Bonchev–Trinajstić information content (AvgIpc) is 2.09. The van der Waals surface area contributed by atoms with Crippen molar-refractivity contribution in [1.82, 2.24) is 0 Å². The Bertz CT molecular complexity index is 270. The number of carbonyl (C=O) groups excluding carboxylic acids is 1. The summed E-state index contributed by atoms with van der Waals surface area (Å²) in [5.41, 5.74) is 2.39. The lowest BCUT2D eigenvalue weighted by atomic mass is 10.1. The summed E-state index contributed by atoms with van der Waals surface area (Å²) in [7, 11) is 0. The highest BCUT2D eigenvalue weighted by molar-refractivity contribution is 5.57. The molecule has 1 heteroatoms. The van der Waals surface area contributed by atoms with E-state index in [0.29, 0.717) is 6.42 Å². The molecule has 0 aromatic heterocycles. The van der Waals surface area contributed by atoms with Gasteiger partial charge in [0.15, 0.2) is 0 Å². The van der Waals surface area contributed by atoms with Crippen LogP contribution in [0.25, 0.3) is 6.08 Å². The molecule has 0 fully saturated rings. The minimum atomic E-state index is 0.494. The van der Waals surface area contributed by atoms with Gasteiger partial charge >= 0.3 is 0 Å². The maximum absolute atomic E-state index is 10.00. The van der Waals surface area contributed by atoms with Crippen LogP contribution in [-0.2, 0) is 4.79 Å². The maximum Gasteiger partial charge on any atom is 0.123 e. The van der Waals surface area contributed by atoms with Crippen LogP contribution in [0.1, 0.15) is 17.5 Å². The third kappa shape index (κ3) is 2.70. The number of rotatable bonds is 3. The zero-order chi connectivity index (χ0) is 8.81. The summed E-state index contributed by atoms with van der Waals surface area (Å²) in [5, 5.41) is 0. The van der Waals surface area contributed by atoms with Gasteiger partial charge in [-0.05, 0) is 12.5 Å². The average molecular weight is 160 g/mol. The lowest BCUT2D eigenvalue weighted by Gasteiger charge is -1.93. The predicted octanol–water partition coefficient (Wildman–Crippen LogP) is 2.60. The first-order valence-corrected chi connectivity index (χ1v) is 4.00. The van der Waals surface area contributed by atoms with Crippen LogP contribution in [0.5, 0.6) is 0 Å². The van der Waals surface area contributed by atoms with Gasteiger partial charge in [0.05, 0.1) is 0 Å². The molecular formula is C11H12O. The molecule has 1 aromatic carbocycles. The van der Waals surface area contributed by atoms with E-state index in [4.69, 9.17) is 0 Å². The molecule has 0 saturated carbocycles. The number of hydrogen-bond acceptors (Lipinski definition) is 1.